The first-order chi connectivity index (χ1) is 12.4. The van der Waals surface area contributed by atoms with Crippen LogP contribution in [0.3, 0.4) is 0 Å². The second-order valence-electron chi connectivity index (χ2n) is 7.16. The number of carbonyl (C=O) groups excluding carboxylic acids is 1. The zero-order chi connectivity index (χ0) is 18.8. The molecule has 1 aliphatic rings. The van der Waals surface area contributed by atoms with Crippen LogP contribution in [0.5, 0.6) is 0 Å². The van der Waals surface area contributed by atoms with E-state index in [9.17, 15) is 9.18 Å². The number of hydrogen-bond donors (Lipinski definition) is 0. The van der Waals surface area contributed by atoms with Gasteiger partial charge in [0.1, 0.15) is 5.82 Å². The molecule has 0 saturated heterocycles. The number of thioether (sulfide) groups is 1. The molecule has 1 fully saturated rings. The van der Waals surface area contributed by atoms with E-state index in [1.165, 1.54) is 17.8 Å². The Morgan fingerprint density at radius 1 is 1.23 bits per heavy atom. The first-order valence-corrected chi connectivity index (χ1v) is 10.0. The lowest BCUT2D eigenvalue weighted by atomic mass is 10.2. The average molecular weight is 377 g/mol. The standard InChI is InChI=1S/C19H25FN4OS/c1-12(2)23(13(3)4)17(25)11-26-19-22-21-18(24(19)14-9-10-14)15-7-5-6-8-16(15)20/h5-8,12-14H,9-11H2,1-4H3. The van der Waals surface area contributed by atoms with Crippen molar-refractivity contribution in [1.29, 1.82) is 0 Å². The van der Waals surface area contributed by atoms with Gasteiger partial charge in [0, 0.05) is 18.1 Å². The van der Waals surface area contributed by atoms with Crippen LogP contribution >= 0.6 is 11.8 Å². The van der Waals surface area contributed by atoms with Gasteiger partial charge in [-0.1, -0.05) is 23.9 Å². The summed E-state index contributed by atoms with van der Waals surface area (Å²) in [7, 11) is 0. The Morgan fingerprint density at radius 3 is 2.46 bits per heavy atom. The van der Waals surface area contributed by atoms with E-state index in [4.69, 9.17) is 0 Å². The van der Waals surface area contributed by atoms with Crippen molar-refractivity contribution >= 4 is 17.7 Å². The molecular formula is C19H25FN4OS. The molecule has 140 valence electrons. The Bertz CT molecular complexity index is 778. The van der Waals surface area contributed by atoms with E-state index in [0.717, 1.165) is 12.8 Å². The van der Waals surface area contributed by atoms with Gasteiger partial charge in [-0.3, -0.25) is 9.36 Å². The van der Waals surface area contributed by atoms with Crippen LogP contribution < -0.4 is 0 Å². The lowest BCUT2D eigenvalue weighted by Crippen LogP contribution is -2.43. The molecule has 2 aromatic rings. The van der Waals surface area contributed by atoms with E-state index in [2.05, 4.69) is 10.2 Å². The molecule has 26 heavy (non-hydrogen) atoms. The summed E-state index contributed by atoms with van der Waals surface area (Å²) in [6.45, 7) is 8.08. The zero-order valence-corrected chi connectivity index (χ0v) is 16.5. The number of benzene rings is 1. The monoisotopic (exact) mass is 376 g/mol. The Hall–Kier alpha value is -1.89. The zero-order valence-electron chi connectivity index (χ0n) is 15.6. The maximum atomic E-state index is 14.2. The normalized spacial score (nSPS) is 14.3. The van der Waals surface area contributed by atoms with Gasteiger partial charge in [-0.15, -0.1) is 10.2 Å². The maximum absolute atomic E-state index is 14.2. The molecule has 0 unspecified atom stereocenters. The highest BCUT2D eigenvalue weighted by Gasteiger charge is 2.31. The van der Waals surface area contributed by atoms with E-state index >= 15 is 0 Å². The van der Waals surface area contributed by atoms with Crippen LogP contribution in [0.1, 0.15) is 46.6 Å². The molecule has 1 aliphatic carbocycles. The van der Waals surface area contributed by atoms with Gasteiger partial charge in [-0.05, 0) is 52.7 Å². The number of aromatic nitrogens is 3. The van der Waals surface area contributed by atoms with Crippen LogP contribution in [-0.2, 0) is 4.79 Å². The first kappa shape index (κ1) is 18.9. The number of hydrogen-bond acceptors (Lipinski definition) is 4. The van der Waals surface area contributed by atoms with Crippen LogP contribution in [0.25, 0.3) is 11.4 Å². The van der Waals surface area contributed by atoms with Gasteiger partial charge >= 0.3 is 0 Å². The predicted octanol–water partition coefficient (Wildman–Crippen LogP) is 4.16. The number of nitrogens with zero attached hydrogens (tertiary/aromatic N) is 4. The average Bonchev–Trinajstić information content (AvgIpc) is 3.32. The molecule has 1 heterocycles. The van der Waals surface area contributed by atoms with Crippen LogP contribution in [0, 0.1) is 5.82 Å². The Morgan fingerprint density at radius 2 is 1.88 bits per heavy atom. The molecule has 5 nitrogen and oxygen atoms in total. The van der Waals surface area contributed by atoms with Crippen molar-refractivity contribution < 1.29 is 9.18 Å². The Labute approximate surface area is 158 Å². The largest absolute Gasteiger partial charge is 0.337 e. The van der Waals surface area contributed by atoms with E-state index in [0.29, 0.717) is 28.3 Å². The molecule has 0 aliphatic heterocycles. The minimum Gasteiger partial charge on any atom is -0.337 e. The first-order valence-electron chi connectivity index (χ1n) is 9.04. The van der Waals surface area contributed by atoms with Crippen molar-refractivity contribution in [1.82, 2.24) is 19.7 Å². The van der Waals surface area contributed by atoms with Crippen molar-refractivity contribution in [2.45, 2.75) is 63.8 Å². The second kappa shape index (κ2) is 7.78. The van der Waals surface area contributed by atoms with Crippen LogP contribution in [0.15, 0.2) is 29.4 Å². The summed E-state index contributed by atoms with van der Waals surface area (Å²) in [6, 6.07) is 7.21. The van der Waals surface area contributed by atoms with Gasteiger partial charge < -0.3 is 4.90 Å². The molecule has 7 heteroatoms. The lowest BCUT2D eigenvalue weighted by Gasteiger charge is -2.30. The fourth-order valence-electron chi connectivity index (χ4n) is 3.24. The van der Waals surface area contributed by atoms with Crippen molar-refractivity contribution in [2.75, 3.05) is 5.75 Å². The third-order valence-electron chi connectivity index (χ3n) is 4.42. The number of halogens is 1. The highest BCUT2D eigenvalue weighted by molar-refractivity contribution is 7.99. The van der Waals surface area contributed by atoms with Gasteiger partial charge in [0.05, 0.1) is 11.3 Å². The van der Waals surface area contributed by atoms with Crippen molar-refractivity contribution in [3.63, 3.8) is 0 Å². The molecule has 1 saturated carbocycles. The fraction of sp³-hybridized carbons (Fsp3) is 0.526. The van der Waals surface area contributed by atoms with Crippen LogP contribution in [0.2, 0.25) is 0 Å². The summed E-state index contributed by atoms with van der Waals surface area (Å²) in [5, 5.41) is 9.17. The van der Waals surface area contributed by atoms with E-state index in [1.54, 1.807) is 18.2 Å². The van der Waals surface area contributed by atoms with Gasteiger partial charge in [-0.25, -0.2) is 4.39 Å². The quantitative estimate of drug-likeness (QED) is 0.681. The van der Waals surface area contributed by atoms with Crippen molar-refractivity contribution in [2.24, 2.45) is 0 Å². The third kappa shape index (κ3) is 3.92. The van der Waals surface area contributed by atoms with E-state index in [1.807, 2.05) is 37.2 Å². The lowest BCUT2D eigenvalue weighted by molar-refractivity contribution is -0.131. The van der Waals surface area contributed by atoms with Gasteiger partial charge in [-0.2, -0.15) is 0 Å². The van der Waals surface area contributed by atoms with Crippen molar-refractivity contribution in [3.05, 3.63) is 30.1 Å². The molecular weight excluding hydrogens is 351 g/mol. The number of rotatable bonds is 7. The van der Waals surface area contributed by atoms with Gasteiger partial charge in [0.15, 0.2) is 11.0 Å². The number of carbonyl (C=O) groups is 1. The Balaban J connectivity index is 1.81. The molecule has 1 aromatic carbocycles. The summed E-state index contributed by atoms with van der Waals surface area (Å²) in [5.74, 6) is 0.626. The minimum atomic E-state index is -0.305. The Kier molecular flexibility index (Phi) is 5.65. The third-order valence-corrected chi connectivity index (χ3v) is 5.34. The smallest absolute Gasteiger partial charge is 0.233 e. The van der Waals surface area contributed by atoms with E-state index in [-0.39, 0.29) is 23.8 Å². The summed E-state index contributed by atoms with van der Waals surface area (Å²) >= 11 is 1.38. The summed E-state index contributed by atoms with van der Waals surface area (Å²) in [5.41, 5.74) is 0.455. The maximum Gasteiger partial charge on any atom is 0.233 e. The summed E-state index contributed by atoms with van der Waals surface area (Å²) in [6.07, 6.45) is 2.07. The van der Waals surface area contributed by atoms with E-state index < -0.39 is 0 Å². The summed E-state index contributed by atoms with van der Waals surface area (Å²) < 4.78 is 16.2. The SMILES string of the molecule is CC(C)N(C(=O)CSc1nnc(-c2ccccc2F)n1C1CC1)C(C)C. The minimum absolute atomic E-state index is 0.0813. The van der Waals surface area contributed by atoms with Gasteiger partial charge in [0.2, 0.25) is 5.91 Å². The molecule has 0 spiro atoms. The molecule has 3 rings (SSSR count). The highest BCUT2D eigenvalue weighted by atomic mass is 32.2. The molecule has 0 radical (unpaired) electrons. The topological polar surface area (TPSA) is 51.0 Å². The highest BCUT2D eigenvalue weighted by Crippen LogP contribution is 2.41. The molecule has 0 N–H and O–H groups in total. The van der Waals surface area contributed by atoms with Crippen molar-refractivity contribution in [3.8, 4) is 11.4 Å². The predicted molar refractivity (Wildman–Crippen MR) is 102 cm³/mol. The fourth-order valence-corrected chi connectivity index (χ4v) is 4.11. The molecule has 1 aromatic heterocycles. The summed E-state index contributed by atoms with van der Waals surface area (Å²) in [4.78, 5) is 14.5. The van der Waals surface area contributed by atoms with Crippen LogP contribution in [0.4, 0.5) is 4.39 Å². The number of amides is 1. The van der Waals surface area contributed by atoms with Gasteiger partial charge in [0.25, 0.3) is 0 Å². The molecule has 0 atom stereocenters. The molecule has 0 bridgehead atoms. The van der Waals surface area contributed by atoms with Crippen LogP contribution in [-0.4, -0.2) is 43.4 Å². The second-order valence-corrected chi connectivity index (χ2v) is 8.11. The molecule has 1 amide bonds.